The predicted molar refractivity (Wildman–Crippen MR) is 104 cm³/mol. The highest BCUT2D eigenvalue weighted by atomic mass is 32.2. The third-order valence-corrected chi connectivity index (χ3v) is 7.29. The number of hydrogen-bond donors (Lipinski definition) is 0. The van der Waals surface area contributed by atoms with Crippen LogP contribution in [0.2, 0.25) is 0 Å². The molecule has 0 aromatic heterocycles. The Hall–Kier alpha value is -2.71. The van der Waals surface area contributed by atoms with Crippen LogP contribution in [-0.4, -0.2) is 43.4 Å². The third kappa shape index (κ3) is 3.32. The average Bonchev–Trinajstić information content (AvgIpc) is 3.23. The number of ether oxygens (including phenoxy) is 2. The minimum atomic E-state index is -3.01. The van der Waals surface area contributed by atoms with Crippen LogP contribution in [0, 0.1) is 5.82 Å². The quantitative estimate of drug-likeness (QED) is 0.703. The van der Waals surface area contributed by atoms with Gasteiger partial charge in [-0.2, -0.15) is 0 Å². The number of sulfone groups is 1. The number of fused-ring (bicyclic) bond motifs is 3. The maximum Gasteiger partial charge on any atom is 0.231 e. The first-order chi connectivity index (χ1) is 13.9. The van der Waals surface area contributed by atoms with Gasteiger partial charge in [-0.1, -0.05) is 12.1 Å². The summed E-state index contributed by atoms with van der Waals surface area (Å²) in [6.07, 6.45) is 2.16. The number of allylic oxidation sites excluding steroid dienone is 1. The molecule has 0 N–H and O–H groups in total. The van der Waals surface area contributed by atoms with Crippen molar-refractivity contribution in [3.05, 3.63) is 64.7 Å². The molecule has 0 spiro atoms. The minimum Gasteiger partial charge on any atom is -0.478 e. The van der Waals surface area contributed by atoms with Crippen molar-refractivity contribution < 1.29 is 27.1 Å². The fourth-order valence-electron chi connectivity index (χ4n) is 3.98. The Kier molecular flexibility index (Phi) is 4.22. The molecule has 6 nitrogen and oxygen atoms in total. The van der Waals surface area contributed by atoms with E-state index in [2.05, 4.69) is 0 Å². The van der Waals surface area contributed by atoms with E-state index < -0.39 is 9.84 Å². The van der Waals surface area contributed by atoms with Gasteiger partial charge in [0.15, 0.2) is 15.6 Å². The molecular weight excluding hydrogens is 397 g/mol. The first kappa shape index (κ1) is 18.3. The second kappa shape index (κ2) is 6.67. The highest BCUT2D eigenvalue weighted by molar-refractivity contribution is 7.91. The van der Waals surface area contributed by atoms with E-state index in [1.165, 1.54) is 12.1 Å². The molecule has 2 aromatic carbocycles. The summed E-state index contributed by atoms with van der Waals surface area (Å²) in [5, 5.41) is 0. The molecule has 2 aromatic rings. The summed E-state index contributed by atoms with van der Waals surface area (Å²) in [7, 11) is -3.01. The van der Waals surface area contributed by atoms with Gasteiger partial charge in [-0.25, -0.2) is 12.8 Å². The number of carbonyl (C=O) groups excluding carboxylic acids is 1. The number of carbonyl (C=O) groups is 1. The van der Waals surface area contributed by atoms with Crippen LogP contribution in [-0.2, 0) is 16.4 Å². The van der Waals surface area contributed by atoms with Crippen molar-refractivity contribution in [2.24, 2.45) is 0 Å². The molecule has 3 aliphatic rings. The summed E-state index contributed by atoms with van der Waals surface area (Å²) < 4.78 is 48.5. The van der Waals surface area contributed by atoms with E-state index in [1.807, 2.05) is 4.90 Å². The SMILES string of the molecule is O=C1/C(=C\c2ccc(F)cc2)Oc2c1ccc1c2CN(C2CCS(=O)(=O)C2)CO1. The molecule has 0 radical (unpaired) electrons. The van der Waals surface area contributed by atoms with E-state index in [9.17, 15) is 17.6 Å². The smallest absolute Gasteiger partial charge is 0.231 e. The first-order valence-electron chi connectivity index (χ1n) is 9.32. The molecule has 3 heterocycles. The Balaban J connectivity index is 1.45. The lowest BCUT2D eigenvalue weighted by Crippen LogP contribution is -2.41. The van der Waals surface area contributed by atoms with Gasteiger partial charge in [0.1, 0.15) is 24.0 Å². The molecule has 0 bridgehead atoms. The highest BCUT2D eigenvalue weighted by Crippen LogP contribution is 2.42. The monoisotopic (exact) mass is 415 g/mol. The summed E-state index contributed by atoms with van der Waals surface area (Å²) in [6.45, 7) is 0.758. The van der Waals surface area contributed by atoms with E-state index in [1.54, 1.807) is 30.3 Å². The molecule has 0 amide bonds. The van der Waals surface area contributed by atoms with Crippen LogP contribution >= 0.6 is 0 Å². The largest absolute Gasteiger partial charge is 0.478 e. The second-order valence-electron chi connectivity index (χ2n) is 7.49. The summed E-state index contributed by atoms with van der Waals surface area (Å²) >= 11 is 0. The Morgan fingerprint density at radius 1 is 1.14 bits per heavy atom. The predicted octanol–water partition coefficient (Wildman–Crippen LogP) is 2.78. The molecule has 1 atom stereocenters. The van der Waals surface area contributed by atoms with Gasteiger partial charge in [0.25, 0.3) is 0 Å². The Morgan fingerprint density at radius 2 is 1.93 bits per heavy atom. The van der Waals surface area contributed by atoms with E-state index >= 15 is 0 Å². The fourth-order valence-corrected chi connectivity index (χ4v) is 5.75. The van der Waals surface area contributed by atoms with Crippen LogP contribution in [0.4, 0.5) is 4.39 Å². The van der Waals surface area contributed by atoms with Gasteiger partial charge >= 0.3 is 0 Å². The molecule has 8 heteroatoms. The highest BCUT2D eigenvalue weighted by Gasteiger charge is 2.38. The van der Waals surface area contributed by atoms with Crippen LogP contribution in [0.1, 0.15) is 27.9 Å². The third-order valence-electron chi connectivity index (χ3n) is 5.54. The maximum atomic E-state index is 13.1. The number of rotatable bonds is 2. The van der Waals surface area contributed by atoms with Crippen molar-refractivity contribution in [1.29, 1.82) is 0 Å². The maximum absolute atomic E-state index is 13.1. The number of halogens is 1. The van der Waals surface area contributed by atoms with E-state index in [0.29, 0.717) is 42.3 Å². The molecular formula is C21H18FNO5S. The van der Waals surface area contributed by atoms with Crippen molar-refractivity contribution >= 4 is 21.7 Å². The first-order valence-corrected chi connectivity index (χ1v) is 11.1. The zero-order valence-corrected chi connectivity index (χ0v) is 16.2. The number of nitrogens with zero attached hydrogens (tertiary/aromatic N) is 1. The average molecular weight is 415 g/mol. The molecule has 1 unspecified atom stereocenters. The van der Waals surface area contributed by atoms with Crippen LogP contribution in [0.3, 0.4) is 0 Å². The Morgan fingerprint density at radius 3 is 2.66 bits per heavy atom. The van der Waals surface area contributed by atoms with Crippen LogP contribution in [0.25, 0.3) is 6.08 Å². The summed E-state index contributed by atoms with van der Waals surface area (Å²) in [6, 6.07) is 9.11. The van der Waals surface area contributed by atoms with Crippen LogP contribution in [0.15, 0.2) is 42.2 Å². The van der Waals surface area contributed by atoms with E-state index in [4.69, 9.17) is 9.47 Å². The Bertz CT molecular complexity index is 1140. The molecule has 0 saturated carbocycles. The van der Waals surface area contributed by atoms with Gasteiger partial charge in [0.2, 0.25) is 5.78 Å². The summed E-state index contributed by atoms with van der Waals surface area (Å²) in [5.41, 5.74) is 1.85. The number of hydrogen-bond acceptors (Lipinski definition) is 6. The number of ketones is 1. The molecule has 1 saturated heterocycles. The lowest BCUT2D eigenvalue weighted by atomic mass is 10.0. The lowest BCUT2D eigenvalue weighted by Gasteiger charge is -2.33. The number of Topliss-reactive ketones (excluding diaryl/α,β-unsaturated/α-hetero) is 1. The van der Waals surface area contributed by atoms with Crippen molar-refractivity contribution in [3.8, 4) is 11.5 Å². The molecule has 5 rings (SSSR count). The van der Waals surface area contributed by atoms with Crippen molar-refractivity contribution in [2.75, 3.05) is 18.2 Å². The zero-order valence-electron chi connectivity index (χ0n) is 15.4. The van der Waals surface area contributed by atoms with Gasteiger partial charge in [-0.15, -0.1) is 0 Å². The molecule has 1 fully saturated rings. The van der Waals surface area contributed by atoms with E-state index in [-0.39, 0.29) is 34.9 Å². The van der Waals surface area contributed by atoms with Crippen LogP contribution < -0.4 is 9.47 Å². The van der Waals surface area contributed by atoms with Gasteiger partial charge in [-0.05, 0) is 42.3 Å². The summed E-state index contributed by atoms with van der Waals surface area (Å²) in [4.78, 5) is 14.8. The lowest BCUT2D eigenvalue weighted by molar-refractivity contribution is 0.0634. The topological polar surface area (TPSA) is 72.9 Å². The van der Waals surface area contributed by atoms with Gasteiger partial charge in [0.05, 0.1) is 22.6 Å². The molecule has 150 valence electrons. The van der Waals surface area contributed by atoms with Gasteiger partial charge in [-0.3, -0.25) is 9.69 Å². The van der Waals surface area contributed by atoms with Crippen molar-refractivity contribution in [3.63, 3.8) is 0 Å². The van der Waals surface area contributed by atoms with Gasteiger partial charge in [0, 0.05) is 12.6 Å². The van der Waals surface area contributed by atoms with Crippen LogP contribution in [0.5, 0.6) is 11.5 Å². The summed E-state index contributed by atoms with van der Waals surface area (Å²) in [5.74, 6) is 0.967. The van der Waals surface area contributed by atoms with Crippen molar-refractivity contribution in [1.82, 2.24) is 4.90 Å². The zero-order chi connectivity index (χ0) is 20.2. The normalized spacial score (nSPS) is 24.1. The molecule has 0 aliphatic carbocycles. The second-order valence-corrected chi connectivity index (χ2v) is 9.72. The molecule has 3 aliphatic heterocycles. The van der Waals surface area contributed by atoms with Crippen molar-refractivity contribution in [2.45, 2.75) is 19.0 Å². The van der Waals surface area contributed by atoms with Gasteiger partial charge < -0.3 is 9.47 Å². The number of benzene rings is 2. The minimum absolute atomic E-state index is 0.102. The fraction of sp³-hybridized carbons (Fsp3) is 0.286. The molecule has 29 heavy (non-hydrogen) atoms. The standard InChI is InChI=1S/C21H18FNO5S/c22-14-3-1-13(2-4-14)9-19-20(24)16-5-6-18-17(21(16)28-19)10-23(12-27-18)15-7-8-29(25,26)11-15/h1-6,9,15H,7-8,10-12H2/b19-9+. The van der Waals surface area contributed by atoms with E-state index in [0.717, 1.165) is 5.56 Å². The Labute approximate surface area is 167 Å².